The number of benzene rings is 1. The van der Waals surface area contributed by atoms with Crippen LogP contribution in [0.15, 0.2) is 24.8 Å². The maximum atomic E-state index is 12.3. The summed E-state index contributed by atoms with van der Waals surface area (Å²) in [6, 6.07) is 2.24. The van der Waals surface area contributed by atoms with Crippen molar-refractivity contribution < 1.29 is 35.7 Å². The van der Waals surface area contributed by atoms with Crippen LogP contribution in [0.25, 0.3) is 6.08 Å². The van der Waals surface area contributed by atoms with Gasteiger partial charge in [-0.3, -0.25) is 4.79 Å². The first-order chi connectivity index (χ1) is 9.98. The second-order valence-electron chi connectivity index (χ2n) is 4.21. The first-order valence-corrected chi connectivity index (χ1v) is 7.13. The third kappa shape index (κ3) is 4.21. The predicted octanol–water partition coefficient (Wildman–Crippen LogP) is 1.51. The normalized spacial score (nSPS) is 13.5. The lowest BCUT2D eigenvalue weighted by Crippen LogP contribution is -2.32. The van der Waals surface area contributed by atoms with Gasteiger partial charge in [0.25, 0.3) is 0 Å². The molecular formula is C12H12F3NO5S. The summed E-state index contributed by atoms with van der Waals surface area (Å²) < 4.78 is 62.8. The fourth-order valence-electron chi connectivity index (χ4n) is 1.47. The van der Waals surface area contributed by atoms with Crippen molar-refractivity contribution in [1.82, 2.24) is 0 Å². The van der Waals surface area contributed by atoms with Gasteiger partial charge in [-0.05, 0) is 24.1 Å². The lowest BCUT2D eigenvalue weighted by atomic mass is 10.0. The van der Waals surface area contributed by atoms with Gasteiger partial charge in [0.05, 0.1) is 0 Å². The molecule has 22 heavy (non-hydrogen) atoms. The van der Waals surface area contributed by atoms with Gasteiger partial charge in [0.15, 0.2) is 0 Å². The van der Waals surface area contributed by atoms with Crippen molar-refractivity contribution in [2.45, 2.75) is 18.0 Å². The summed E-state index contributed by atoms with van der Waals surface area (Å²) >= 11 is 0. The van der Waals surface area contributed by atoms with Crippen LogP contribution in [0.4, 0.5) is 13.2 Å². The minimum absolute atomic E-state index is 0.0390. The summed E-state index contributed by atoms with van der Waals surface area (Å²) in [5, 5.41) is 8.69. The smallest absolute Gasteiger partial charge is 0.480 e. The van der Waals surface area contributed by atoms with E-state index < -0.39 is 33.4 Å². The van der Waals surface area contributed by atoms with Crippen LogP contribution in [0, 0.1) is 0 Å². The van der Waals surface area contributed by atoms with Crippen LogP contribution < -0.4 is 9.92 Å². The monoisotopic (exact) mass is 339 g/mol. The summed E-state index contributed by atoms with van der Waals surface area (Å²) in [6.45, 7) is 3.34. The average Bonchev–Trinajstić information content (AvgIpc) is 2.38. The first-order valence-electron chi connectivity index (χ1n) is 5.72. The summed E-state index contributed by atoms with van der Waals surface area (Å²) in [5.74, 6) is -1.82. The average molecular weight is 339 g/mol. The molecule has 0 aliphatic carbocycles. The molecule has 10 heteroatoms. The van der Waals surface area contributed by atoms with E-state index in [4.69, 9.17) is 10.8 Å². The van der Waals surface area contributed by atoms with Gasteiger partial charge in [-0.1, -0.05) is 18.7 Å². The Morgan fingerprint density at radius 2 is 2.05 bits per heavy atom. The number of hydrogen-bond acceptors (Lipinski definition) is 5. The van der Waals surface area contributed by atoms with Gasteiger partial charge in [-0.25, -0.2) is 0 Å². The molecule has 1 unspecified atom stereocenters. The van der Waals surface area contributed by atoms with Crippen LogP contribution >= 0.6 is 0 Å². The summed E-state index contributed by atoms with van der Waals surface area (Å²) in [5.41, 5.74) is 0.113. The van der Waals surface area contributed by atoms with Gasteiger partial charge in [0.1, 0.15) is 11.8 Å². The second-order valence-corrected chi connectivity index (χ2v) is 5.75. The number of rotatable bonds is 6. The zero-order chi connectivity index (χ0) is 17.1. The lowest BCUT2D eigenvalue weighted by Gasteiger charge is -2.13. The number of alkyl halides is 3. The van der Waals surface area contributed by atoms with Crippen molar-refractivity contribution in [3.05, 3.63) is 35.9 Å². The standard InChI is InChI=1S/C12H12F3NO5S/c1-2-8-5-7(6-9(16)11(17)18)3-4-10(8)21-22(19,20)12(13,14)15/h2-5,9H,1,6,16H2,(H,17,18). The molecule has 0 fully saturated rings. The molecule has 1 aromatic rings. The van der Waals surface area contributed by atoms with Gasteiger partial charge in [0, 0.05) is 5.56 Å². The molecule has 0 heterocycles. The quantitative estimate of drug-likeness (QED) is 0.601. The maximum Gasteiger partial charge on any atom is 0.534 e. The van der Waals surface area contributed by atoms with E-state index in [0.717, 1.165) is 12.1 Å². The number of halogens is 3. The summed E-state index contributed by atoms with van der Waals surface area (Å²) in [4.78, 5) is 10.6. The molecule has 122 valence electrons. The molecule has 6 nitrogen and oxygen atoms in total. The molecule has 3 N–H and O–H groups in total. The molecule has 0 spiro atoms. The Labute approximate surface area is 124 Å². The van der Waals surface area contributed by atoms with E-state index in [2.05, 4.69) is 10.8 Å². The molecule has 0 radical (unpaired) electrons. The molecule has 1 rings (SSSR count). The number of carboxylic acid groups (broad SMARTS) is 1. The second kappa shape index (κ2) is 6.36. The minimum atomic E-state index is -5.80. The highest BCUT2D eigenvalue weighted by Gasteiger charge is 2.48. The van der Waals surface area contributed by atoms with Gasteiger partial charge < -0.3 is 15.0 Å². The fraction of sp³-hybridized carbons (Fsp3) is 0.250. The minimum Gasteiger partial charge on any atom is -0.480 e. The van der Waals surface area contributed by atoms with Crippen LogP contribution in [0.2, 0.25) is 0 Å². The summed E-state index contributed by atoms with van der Waals surface area (Å²) in [6.07, 6.45) is 0.986. The molecule has 0 saturated heterocycles. The molecule has 0 aliphatic rings. The fourth-order valence-corrected chi connectivity index (χ4v) is 1.95. The highest BCUT2D eigenvalue weighted by molar-refractivity contribution is 7.88. The molecule has 0 bridgehead atoms. The zero-order valence-electron chi connectivity index (χ0n) is 11.0. The Morgan fingerprint density at radius 3 is 2.50 bits per heavy atom. The number of carboxylic acids is 1. The summed E-state index contributed by atoms with van der Waals surface area (Å²) in [7, 11) is -5.80. The van der Waals surface area contributed by atoms with Gasteiger partial charge >= 0.3 is 21.6 Å². The van der Waals surface area contributed by atoms with Crippen molar-refractivity contribution in [1.29, 1.82) is 0 Å². The predicted molar refractivity (Wildman–Crippen MR) is 71.5 cm³/mol. The molecule has 0 amide bonds. The van der Waals surface area contributed by atoms with Crippen LogP contribution in [0.5, 0.6) is 5.75 Å². The third-order valence-corrected chi connectivity index (χ3v) is 3.52. The Bertz CT molecular complexity index is 684. The zero-order valence-corrected chi connectivity index (χ0v) is 11.8. The van der Waals surface area contributed by atoms with Gasteiger partial charge in [-0.15, -0.1) is 0 Å². The molecular weight excluding hydrogens is 327 g/mol. The van der Waals surface area contributed by atoms with Gasteiger partial charge in [-0.2, -0.15) is 21.6 Å². The van der Waals surface area contributed by atoms with Crippen LogP contribution in [-0.4, -0.2) is 31.0 Å². The van der Waals surface area contributed by atoms with Crippen LogP contribution in [0.3, 0.4) is 0 Å². The Hall–Kier alpha value is -2.07. The lowest BCUT2D eigenvalue weighted by molar-refractivity contribution is -0.138. The van der Waals surface area contributed by atoms with Crippen molar-refractivity contribution in [3.8, 4) is 5.75 Å². The van der Waals surface area contributed by atoms with E-state index in [1.165, 1.54) is 12.1 Å². The van der Waals surface area contributed by atoms with E-state index >= 15 is 0 Å². The SMILES string of the molecule is C=Cc1cc(CC(N)C(=O)O)ccc1OS(=O)(=O)C(F)(F)F. The third-order valence-electron chi connectivity index (χ3n) is 2.55. The maximum absolute atomic E-state index is 12.3. The van der Waals surface area contributed by atoms with E-state index in [1.54, 1.807) is 0 Å². The topological polar surface area (TPSA) is 107 Å². The van der Waals surface area contributed by atoms with E-state index in [0.29, 0.717) is 5.56 Å². The van der Waals surface area contributed by atoms with E-state index in [9.17, 15) is 26.4 Å². The Morgan fingerprint density at radius 1 is 1.45 bits per heavy atom. The van der Waals surface area contributed by atoms with Crippen molar-refractivity contribution in [2.24, 2.45) is 5.73 Å². The van der Waals surface area contributed by atoms with Crippen molar-refractivity contribution in [3.63, 3.8) is 0 Å². The molecule has 0 aliphatic heterocycles. The highest BCUT2D eigenvalue weighted by atomic mass is 32.2. The number of nitrogens with two attached hydrogens (primary N) is 1. The van der Waals surface area contributed by atoms with Crippen LogP contribution in [0.1, 0.15) is 11.1 Å². The van der Waals surface area contributed by atoms with Gasteiger partial charge in [0.2, 0.25) is 0 Å². The largest absolute Gasteiger partial charge is 0.534 e. The molecule has 1 aromatic carbocycles. The first kappa shape index (κ1) is 18.0. The Kier molecular flexibility index (Phi) is 5.20. The molecule has 0 saturated carbocycles. The van der Waals surface area contributed by atoms with Crippen LogP contribution in [-0.2, 0) is 21.3 Å². The molecule has 1 atom stereocenters. The van der Waals surface area contributed by atoms with Crippen molar-refractivity contribution in [2.75, 3.05) is 0 Å². The number of carbonyl (C=O) groups is 1. The van der Waals surface area contributed by atoms with E-state index in [1.807, 2.05) is 0 Å². The number of hydrogen-bond donors (Lipinski definition) is 2. The molecule has 0 aromatic heterocycles. The van der Waals surface area contributed by atoms with Crippen molar-refractivity contribution >= 4 is 22.2 Å². The number of aliphatic carboxylic acids is 1. The Balaban J connectivity index is 3.10. The van der Waals surface area contributed by atoms with E-state index in [-0.39, 0.29) is 12.0 Å². The highest BCUT2D eigenvalue weighted by Crippen LogP contribution is 2.30.